The quantitative estimate of drug-likeness (QED) is 0.442. The second-order valence-electron chi connectivity index (χ2n) is 6.13. The molecule has 2 heterocycles. The lowest BCUT2D eigenvalue weighted by Crippen LogP contribution is -2.13. The standard InChI is InChI=1S/C18H10ClF3N4O4S/c19-13-8-10(18(20,21)22)9-23-17(13)29-12-6-4-11(5-7-12)26-31(27,28)15-3-1-2-14-16(15)25-30-24-14/h1-9,26H. The number of hydrogen-bond donors (Lipinski definition) is 1. The second-order valence-corrected chi connectivity index (χ2v) is 8.19. The highest BCUT2D eigenvalue weighted by molar-refractivity contribution is 7.93. The predicted octanol–water partition coefficient (Wildman–Crippen LogP) is 4.88. The monoisotopic (exact) mass is 470 g/mol. The van der Waals surface area contributed by atoms with Gasteiger partial charge in [-0.25, -0.2) is 18.0 Å². The smallest absolute Gasteiger partial charge is 0.417 e. The molecule has 0 bridgehead atoms. The molecule has 0 fully saturated rings. The fourth-order valence-corrected chi connectivity index (χ4v) is 3.98. The van der Waals surface area contributed by atoms with E-state index in [1.54, 1.807) is 6.07 Å². The number of benzene rings is 2. The maximum atomic E-state index is 12.7. The van der Waals surface area contributed by atoms with Crippen molar-refractivity contribution >= 4 is 38.3 Å². The van der Waals surface area contributed by atoms with Gasteiger partial charge >= 0.3 is 6.18 Å². The number of ether oxygens (including phenoxy) is 1. The summed E-state index contributed by atoms with van der Waals surface area (Å²) in [5, 5.41) is 6.88. The maximum absolute atomic E-state index is 12.7. The van der Waals surface area contributed by atoms with Crippen LogP contribution in [0.1, 0.15) is 5.56 Å². The van der Waals surface area contributed by atoms with Crippen LogP contribution in [0.4, 0.5) is 18.9 Å². The number of rotatable bonds is 5. The van der Waals surface area contributed by atoms with Gasteiger partial charge in [0.05, 0.1) is 5.56 Å². The summed E-state index contributed by atoms with van der Waals surface area (Å²) in [6, 6.07) is 10.7. The minimum Gasteiger partial charge on any atom is -0.438 e. The van der Waals surface area contributed by atoms with Crippen molar-refractivity contribution in [1.29, 1.82) is 0 Å². The highest BCUT2D eigenvalue weighted by atomic mass is 35.5. The molecule has 160 valence electrons. The number of hydrogen-bond acceptors (Lipinski definition) is 7. The summed E-state index contributed by atoms with van der Waals surface area (Å²) < 4.78 is 75.7. The molecular weight excluding hydrogens is 461 g/mol. The molecule has 2 aromatic carbocycles. The first-order valence-electron chi connectivity index (χ1n) is 8.38. The van der Waals surface area contributed by atoms with Crippen LogP contribution in [0.15, 0.2) is 64.3 Å². The van der Waals surface area contributed by atoms with E-state index in [0.29, 0.717) is 12.3 Å². The first-order valence-corrected chi connectivity index (χ1v) is 10.2. The predicted molar refractivity (Wildman–Crippen MR) is 103 cm³/mol. The van der Waals surface area contributed by atoms with Crippen molar-refractivity contribution in [3.05, 3.63) is 65.3 Å². The molecule has 0 atom stereocenters. The van der Waals surface area contributed by atoms with E-state index in [4.69, 9.17) is 16.3 Å². The van der Waals surface area contributed by atoms with Crippen molar-refractivity contribution in [2.75, 3.05) is 4.72 Å². The van der Waals surface area contributed by atoms with Gasteiger partial charge in [-0.2, -0.15) is 13.2 Å². The van der Waals surface area contributed by atoms with Crippen LogP contribution in [0.25, 0.3) is 11.0 Å². The number of sulfonamides is 1. The number of anilines is 1. The molecule has 0 spiro atoms. The minimum atomic E-state index is -4.58. The summed E-state index contributed by atoms with van der Waals surface area (Å²) in [6.45, 7) is 0. The van der Waals surface area contributed by atoms with E-state index in [1.165, 1.54) is 36.4 Å². The number of aromatic nitrogens is 3. The third kappa shape index (κ3) is 4.39. The van der Waals surface area contributed by atoms with Crippen molar-refractivity contribution in [3.8, 4) is 11.6 Å². The van der Waals surface area contributed by atoms with Gasteiger partial charge in [0.25, 0.3) is 10.0 Å². The highest BCUT2D eigenvalue weighted by Gasteiger charge is 2.31. The van der Waals surface area contributed by atoms with Gasteiger partial charge in [-0.05, 0) is 52.8 Å². The normalized spacial score (nSPS) is 12.1. The Morgan fingerprint density at radius 3 is 2.48 bits per heavy atom. The van der Waals surface area contributed by atoms with E-state index < -0.39 is 21.8 Å². The molecule has 0 unspecified atom stereocenters. The molecule has 0 aliphatic heterocycles. The molecule has 2 aromatic heterocycles. The Morgan fingerprint density at radius 2 is 1.81 bits per heavy atom. The Labute approximate surface area is 177 Å². The van der Waals surface area contributed by atoms with Crippen molar-refractivity contribution < 1.29 is 31.0 Å². The molecule has 0 saturated heterocycles. The lowest BCUT2D eigenvalue weighted by Gasteiger charge is -2.11. The van der Waals surface area contributed by atoms with Gasteiger partial charge in [0, 0.05) is 11.9 Å². The average molecular weight is 471 g/mol. The minimum absolute atomic E-state index is 0.0815. The summed E-state index contributed by atoms with van der Waals surface area (Å²) in [5.41, 5.74) is -0.440. The van der Waals surface area contributed by atoms with Gasteiger partial charge in [-0.1, -0.05) is 17.7 Å². The SMILES string of the molecule is O=S(=O)(Nc1ccc(Oc2ncc(C(F)(F)F)cc2Cl)cc1)c1cccc2nonc12. The molecule has 0 aliphatic rings. The first kappa shape index (κ1) is 20.9. The number of pyridine rings is 1. The third-order valence-corrected chi connectivity index (χ3v) is 5.68. The van der Waals surface area contributed by atoms with Gasteiger partial charge in [0.2, 0.25) is 5.88 Å². The van der Waals surface area contributed by atoms with Crippen LogP contribution < -0.4 is 9.46 Å². The molecule has 0 aliphatic carbocycles. The Hall–Kier alpha value is -3.38. The molecule has 0 radical (unpaired) electrons. The highest BCUT2D eigenvalue weighted by Crippen LogP contribution is 2.35. The van der Waals surface area contributed by atoms with Gasteiger partial charge in [-0.15, -0.1) is 0 Å². The molecule has 0 saturated carbocycles. The summed E-state index contributed by atoms with van der Waals surface area (Å²) in [5.74, 6) is -0.0480. The number of nitrogens with zero attached hydrogens (tertiary/aromatic N) is 3. The van der Waals surface area contributed by atoms with Gasteiger partial charge in [-0.3, -0.25) is 4.72 Å². The molecule has 13 heteroatoms. The zero-order valence-corrected chi connectivity index (χ0v) is 16.7. The van der Waals surface area contributed by atoms with Crippen molar-refractivity contribution in [3.63, 3.8) is 0 Å². The number of halogens is 4. The van der Waals surface area contributed by atoms with E-state index in [2.05, 4.69) is 24.6 Å². The van der Waals surface area contributed by atoms with E-state index >= 15 is 0 Å². The number of alkyl halides is 3. The fourth-order valence-electron chi connectivity index (χ4n) is 2.57. The number of fused-ring (bicyclic) bond motifs is 1. The topological polar surface area (TPSA) is 107 Å². The van der Waals surface area contributed by atoms with E-state index in [0.717, 1.165) is 0 Å². The van der Waals surface area contributed by atoms with Crippen LogP contribution in [0.3, 0.4) is 0 Å². The Kier molecular flexibility index (Phi) is 5.19. The fraction of sp³-hybridized carbons (Fsp3) is 0.0556. The maximum Gasteiger partial charge on any atom is 0.417 e. The van der Waals surface area contributed by atoms with Gasteiger partial charge in [0.15, 0.2) is 5.52 Å². The third-order valence-electron chi connectivity index (χ3n) is 3.99. The Bertz CT molecular complexity index is 1360. The summed E-state index contributed by atoms with van der Waals surface area (Å²) in [4.78, 5) is 3.46. The molecular formula is C18H10ClF3N4O4S. The van der Waals surface area contributed by atoms with E-state index in [1.807, 2.05) is 0 Å². The van der Waals surface area contributed by atoms with E-state index in [9.17, 15) is 21.6 Å². The average Bonchev–Trinajstić information content (AvgIpc) is 3.18. The van der Waals surface area contributed by atoms with Crippen LogP contribution in [-0.2, 0) is 16.2 Å². The summed E-state index contributed by atoms with van der Waals surface area (Å²) in [6.07, 6.45) is -3.98. The molecule has 4 aromatic rings. The van der Waals surface area contributed by atoms with Crippen LogP contribution in [-0.4, -0.2) is 23.7 Å². The van der Waals surface area contributed by atoms with E-state index in [-0.39, 0.29) is 38.3 Å². The van der Waals surface area contributed by atoms with Crippen LogP contribution in [0, 0.1) is 0 Å². The van der Waals surface area contributed by atoms with Crippen molar-refractivity contribution in [1.82, 2.24) is 15.3 Å². The van der Waals surface area contributed by atoms with Crippen molar-refractivity contribution in [2.24, 2.45) is 0 Å². The zero-order chi connectivity index (χ0) is 22.2. The zero-order valence-electron chi connectivity index (χ0n) is 15.1. The molecule has 0 amide bonds. The molecule has 1 N–H and O–H groups in total. The largest absolute Gasteiger partial charge is 0.438 e. The van der Waals surface area contributed by atoms with Crippen LogP contribution >= 0.6 is 11.6 Å². The molecule has 8 nitrogen and oxygen atoms in total. The lowest BCUT2D eigenvalue weighted by atomic mass is 10.3. The Morgan fingerprint density at radius 1 is 1.06 bits per heavy atom. The van der Waals surface area contributed by atoms with Gasteiger partial charge < -0.3 is 4.74 Å². The van der Waals surface area contributed by atoms with Crippen molar-refractivity contribution in [2.45, 2.75) is 11.1 Å². The van der Waals surface area contributed by atoms with Gasteiger partial charge in [0.1, 0.15) is 21.2 Å². The summed E-state index contributed by atoms with van der Waals surface area (Å²) >= 11 is 5.81. The Balaban J connectivity index is 1.52. The van der Waals surface area contributed by atoms with Crippen LogP contribution in [0.5, 0.6) is 11.6 Å². The molecule has 31 heavy (non-hydrogen) atoms. The molecule has 4 rings (SSSR count). The first-order chi connectivity index (χ1) is 14.6. The number of nitrogens with one attached hydrogen (secondary N) is 1. The second kappa shape index (κ2) is 7.71. The lowest BCUT2D eigenvalue weighted by molar-refractivity contribution is -0.137. The van der Waals surface area contributed by atoms with Crippen LogP contribution in [0.2, 0.25) is 5.02 Å². The summed E-state index contributed by atoms with van der Waals surface area (Å²) in [7, 11) is -4.00.